The van der Waals surface area contributed by atoms with Gasteiger partial charge in [0.05, 0.1) is 5.70 Å². The van der Waals surface area contributed by atoms with E-state index in [1.165, 1.54) is 0 Å². The zero-order valence-corrected chi connectivity index (χ0v) is 14.4. The third kappa shape index (κ3) is 3.72. The van der Waals surface area contributed by atoms with Crippen LogP contribution in [-0.4, -0.2) is 47.7 Å². The number of hydrogen-bond donors (Lipinski definition) is 0. The van der Waals surface area contributed by atoms with Crippen LogP contribution in [-0.2, 0) is 4.79 Å². The largest absolute Gasteiger partial charge is 0.357 e. The highest BCUT2D eigenvalue weighted by Crippen LogP contribution is 2.21. The van der Waals surface area contributed by atoms with E-state index < -0.39 is 0 Å². The molecule has 0 saturated carbocycles. The average molecular weight is 324 g/mol. The molecule has 1 aromatic heterocycles. The molecule has 2 heterocycles. The fourth-order valence-electron chi connectivity index (χ4n) is 3.16. The van der Waals surface area contributed by atoms with Gasteiger partial charge in [-0.05, 0) is 44.9 Å². The highest BCUT2D eigenvalue weighted by atomic mass is 16.1. The van der Waals surface area contributed by atoms with Crippen LogP contribution < -0.4 is 4.90 Å². The summed E-state index contributed by atoms with van der Waals surface area (Å²) in [6.07, 6.45) is 7.63. The number of hydrogen-bond acceptors (Lipinski definition) is 4. The third-order valence-electron chi connectivity index (χ3n) is 4.56. The topological polar surface area (TPSA) is 48.8 Å². The first-order valence-corrected chi connectivity index (χ1v) is 8.52. The van der Waals surface area contributed by atoms with E-state index in [9.17, 15) is 4.79 Å². The highest BCUT2D eigenvalue weighted by molar-refractivity contribution is 5.95. The maximum atomic E-state index is 11.8. The first kappa shape index (κ1) is 16.4. The van der Waals surface area contributed by atoms with Crippen molar-refractivity contribution in [2.45, 2.75) is 26.7 Å². The van der Waals surface area contributed by atoms with Gasteiger partial charge in [-0.15, -0.1) is 0 Å². The summed E-state index contributed by atoms with van der Waals surface area (Å²) < 4.78 is 0. The second kappa shape index (κ2) is 7.43. The summed E-state index contributed by atoms with van der Waals surface area (Å²) >= 11 is 0. The van der Waals surface area contributed by atoms with Gasteiger partial charge in [0.15, 0.2) is 5.78 Å². The Morgan fingerprint density at radius 1 is 1.17 bits per heavy atom. The SMILES string of the molecule is CC(=O)C1=C(/N=C(\C)N2CCN(c3ccccn3)CC2)C=CCC1. The molecule has 1 saturated heterocycles. The molecule has 0 spiro atoms. The summed E-state index contributed by atoms with van der Waals surface area (Å²) in [5.41, 5.74) is 1.68. The zero-order valence-electron chi connectivity index (χ0n) is 14.4. The van der Waals surface area contributed by atoms with Crippen molar-refractivity contribution in [3.63, 3.8) is 0 Å². The Kier molecular flexibility index (Phi) is 5.08. The van der Waals surface area contributed by atoms with Crippen molar-refractivity contribution in [1.29, 1.82) is 0 Å². The molecule has 1 aliphatic heterocycles. The Morgan fingerprint density at radius 3 is 2.62 bits per heavy atom. The molecule has 1 aliphatic carbocycles. The van der Waals surface area contributed by atoms with Crippen LogP contribution in [0.2, 0.25) is 0 Å². The Bertz CT molecular complexity index is 683. The van der Waals surface area contributed by atoms with E-state index in [4.69, 9.17) is 4.99 Å². The predicted molar refractivity (Wildman–Crippen MR) is 97.2 cm³/mol. The minimum atomic E-state index is 0.130. The number of allylic oxidation sites excluding steroid dienone is 3. The van der Waals surface area contributed by atoms with Gasteiger partial charge in [0.1, 0.15) is 11.7 Å². The molecule has 0 amide bonds. The van der Waals surface area contributed by atoms with Crippen LogP contribution in [0.5, 0.6) is 0 Å². The van der Waals surface area contributed by atoms with E-state index in [0.717, 1.165) is 61.9 Å². The molecule has 0 N–H and O–H groups in total. The molecule has 3 rings (SSSR count). The van der Waals surface area contributed by atoms with E-state index >= 15 is 0 Å². The number of Topliss-reactive ketones (excluding diaryl/α,β-unsaturated/α-hetero) is 1. The van der Waals surface area contributed by atoms with E-state index in [-0.39, 0.29) is 5.78 Å². The molecule has 24 heavy (non-hydrogen) atoms. The van der Waals surface area contributed by atoms with Gasteiger partial charge in [-0.2, -0.15) is 0 Å². The van der Waals surface area contributed by atoms with Crippen molar-refractivity contribution in [3.05, 3.63) is 47.8 Å². The monoisotopic (exact) mass is 324 g/mol. The maximum absolute atomic E-state index is 11.8. The van der Waals surface area contributed by atoms with Crippen molar-refractivity contribution in [2.75, 3.05) is 31.1 Å². The van der Waals surface area contributed by atoms with Crippen molar-refractivity contribution < 1.29 is 4.79 Å². The molecule has 0 aromatic carbocycles. The van der Waals surface area contributed by atoms with E-state index in [1.807, 2.05) is 37.4 Å². The zero-order chi connectivity index (χ0) is 16.9. The standard InChI is InChI=1S/C19H24N4O/c1-15(24)17-7-3-4-8-18(17)21-16(2)22-11-13-23(14-12-22)19-9-5-6-10-20-19/h4-6,8-10H,3,7,11-14H2,1-2H3/b21-16+. The Morgan fingerprint density at radius 2 is 1.96 bits per heavy atom. The fourth-order valence-corrected chi connectivity index (χ4v) is 3.16. The lowest BCUT2D eigenvalue weighted by atomic mass is 9.99. The van der Waals surface area contributed by atoms with Gasteiger partial charge in [0, 0.05) is 37.9 Å². The van der Waals surface area contributed by atoms with Gasteiger partial charge in [-0.1, -0.05) is 12.1 Å². The molecule has 1 aromatic rings. The summed E-state index contributed by atoms with van der Waals surface area (Å²) in [7, 11) is 0. The number of anilines is 1. The maximum Gasteiger partial charge on any atom is 0.157 e. The molecule has 1 fully saturated rings. The van der Waals surface area contributed by atoms with Gasteiger partial charge in [0.2, 0.25) is 0 Å². The van der Waals surface area contributed by atoms with E-state index in [1.54, 1.807) is 6.92 Å². The number of nitrogens with zero attached hydrogens (tertiary/aromatic N) is 4. The van der Waals surface area contributed by atoms with Gasteiger partial charge < -0.3 is 9.80 Å². The minimum absolute atomic E-state index is 0.130. The minimum Gasteiger partial charge on any atom is -0.357 e. The lowest BCUT2D eigenvalue weighted by molar-refractivity contribution is -0.113. The molecule has 0 radical (unpaired) electrons. The number of piperazine rings is 1. The van der Waals surface area contributed by atoms with Crippen LogP contribution >= 0.6 is 0 Å². The molecular weight excluding hydrogens is 300 g/mol. The van der Waals surface area contributed by atoms with Gasteiger partial charge in [-0.3, -0.25) is 4.79 Å². The molecule has 5 nitrogen and oxygen atoms in total. The van der Waals surface area contributed by atoms with Crippen LogP contribution in [0.25, 0.3) is 0 Å². The first-order valence-electron chi connectivity index (χ1n) is 8.52. The number of ketones is 1. The van der Waals surface area contributed by atoms with Crippen molar-refractivity contribution in [2.24, 2.45) is 4.99 Å². The Balaban J connectivity index is 1.68. The van der Waals surface area contributed by atoms with Gasteiger partial charge >= 0.3 is 0 Å². The number of amidine groups is 1. The van der Waals surface area contributed by atoms with E-state index in [2.05, 4.69) is 20.9 Å². The van der Waals surface area contributed by atoms with Crippen LogP contribution in [0, 0.1) is 0 Å². The average Bonchev–Trinajstić information content (AvgIpc) is 2.63. The van der Waals surface area contributed by atoms with E-state index in [0.29, 0.717) is 0 Å². The van der Waals surface area contributed by atoms with Crippen molar-refractivity contribution >= 4 is 17.4 Å². The highest BCUT2D eigenvalue weighted by Gasteiger charge is 2.19. The number of pyridine rings is 1. The lowest BCUT2D eigenvalue weighted by Gasteiger charge is -2.36. The lowest BCUT2D eigenvalue weighted by Crippen LogP contribution is -2.48. The first-order chi connectivity index (χ1) is 11.6. The smallest absolute Gasteiger partial charge is 0.157 e. The summed E-state index contributed by atoms with van der Waals surface area (Å²) in [5.74, 6) is 2.14. The Labute approximate surface area is 143 Å². The van der Waals surface area contributed by atoms with Crippen LogP contribution in [0.4, 0.5) is 5.82 Å². The summed E-state index contributed by atoms with van der Waals surface area (Å²) in [4.78, 5) is 25.5. The quantitative estimate of drug-likeness (QED) is 0.634. The van der Waals surface area contributed by atoms with Crippen LogP contribution in [0.1, 0.15) is 26.7 Å². The third-order valence-corrected chi connectivity index (χ3v) is 4.56. The second-order valence-corrected chi connectivity index (χ2v) is 6.18. The molecule has 2 aliphatic rings. The van der Waals surface area contributed by atoms with Crippen LogP contribution in [0.15, 0.2) is 52.8 Å². The molecule has 5 heteroatoms. The van der Waals surface area contributed by atoms with Crippen molar-refractivity contribution in [1.82, 2.24) is 9.88 Å². The number of aliphatic imine (C=N–C) groups is 1. The molecule has 0 bridgehead atoms. The fraction of sp³-hybridized carbons (Fsp3) is 0.421. The molecule has 0 unspecified atom stereocenters. The number of rotatable bonds is 3. The van der Waals surface area contributed by atoms with Crippen molar-refractivity contribution in [3.8, 4) is 0 Å². The van der Waals surface area contributed by atoms with Gasteiger partial charge in [0.25, 0.3) is 0 Å². The normalized spacial score (nSPS) is 19.0. The summed E-state index contributed by atoms with van der Waals surface area (Å²) in [5, 5.41) is 0. The molecule has 0 atom stereocenters. The Hall–Kier alpha value is -2.43. The van der Waals surface area contributed by atoms with Crippen LogP contribution in [0.3, 0.4) is 0 Å². The second-order valence-electron chi connectivity index (χ2n) is 6.18. The molecule has 126 valence electrons. The number of carbonyl (C=O) groups is 1. The number of carbonyl (C=O) groups excluding carboxylic acids is 1. The number of aromatic nitrogens is 1. The summed E-state index contributed by atoms with van der Waals surface area (Å²) in [6.45, 7) is 7.35. The predicted octanol–water partition coefficient (Wildman–Crippen LogP) is 2.82. The molecular formula is C19H24N4O. The summed E-state index contributed by atoms with van der Waals surface area (Å²) in [6, 6.07) is 6.01. The van der Waals surface area contributed by atoms with Gasteiger partial charge in [-0.25, -0.2) is 9.98 Å².